The average molecular weight is 260 g/mol. The van der Waals surface area contributed by atoms with E-state index in [2.05, 4.69) is 56.1 Å². The molecule has 1 aromatic rings. The summed E-state index contributed by atoms with van der Waals surface area (Å²) in [5.74, 6) is 0.704. The van der Waals surface area contributed by atoms with E-state index in [1.165, 1.54) is 36.2 Å². The normalized spacial score (nSPS) is 24.9. The molecule has 2 heteroatoms. The first-order valence-electron chi connectivity index (χ1n) is 7.65. The molecule has 106 valence electrons. The molecule has 2 rings (SSSR count). The number of hydrogen-bond donors (Lipinski definition) is 1. The number of hydrogen-bond acceptors (Lipinski definition) is 2. The van der Waals surface area contributed by atoms with Crippen molar-refractivity contribution in [1.82, 2.24) is 5.32 Å². The van der Waals surface area contributed by atoms with Crippen molar-refractivity contribution in [2.75, 3.05) is 24.5 Å². The lowest BCUT2D eigenvalue weighted by Gasteiger charge is -2.34. The Morgan fingerprint density at radius 3 is 2.53 bits per heavy atom. The van der Waals surface area contributed by atoms with Gasteiger partial charge in [-0.25, -0.2) is 0 Å². The third kappa shape index (κ3) is 3.97. The summed E-state index contributed by atoms with van der Waals surface area (Å²) in [6.45, 7) is 12.5. The molecule has 19 heavy (non-hydrogen) atoms. The molecule has 0 radical (unpaired) electrons. The second-order valence-corrected chi connectivity index (χ2v) is 6.20. The van der Waals surface area contributed by atoms with Crippen molar-refractivity contribution in [1.29, 1.82) is 0 Å². The van der Waals surface area contributed by atoms with E-state index in [1.54, 1.807) is 0 Å². The lowest BCUT2D eigenvalue weighted by atomic mass is 10.0. The largest absolute Gasteiger partial charge is 0.371 e. The fourth-order valence-electron chi connectivity index (χ4n) is 3.03. The van der Waals surface area contributed by atoms with E-state index in [1.807, 2.05) is 0 Å². The van der Waals surface area contributed by atoms with Crippen LogP contribution in [0.4, 0.5) is 5.69 Å². The van der Waals surface area contributed by atoms with Crippen LogP contribution in [0, 0.1) is 19.8 Å². The number of anilines is 1. The fraction of sp³-hybridized carbons (Fsp3) is 0.647. The van der Waals surface area contributed by atoms with Gasteiger partial charge in [0.2, 0.25) is 0 Å². The van der Waals surface area contributed by atoms with E-state index >= 15 is 0 Å². The molecule has 2 unspecified atom stereocenters. The standard InChI is InChI=1S/C17H28N2/c1-5-16-6-7-19(12-15(4)11-18-16)17-9-13(2)8-14(3)10-17/h8-10,15-16,18H,5-7,11-12H2,1-4H3. The maximum absolute atomic E-state index is 3.69. The Balaban J connectivity index is 2.16. The van der Waals surface area contributed by atoms with E-state index in [-0.39, 0.29) is 0 Å². The lowest BCUT2D eigenvalue weighted by molar-refractivity contribution is 0.388. The number of nitrogens with zero attached hydrogens (tertiary/aromatic N) is 1. The van der Waals surface area contributed by atoms with Crippen LogP contribution < -0.4 is 10.2 Å². The number of nitrogens with one attached hydrogen (secondary N) is 1. The first-order valence-corrected chi connectivity index (χ1v) is 7.65. The molecule has 0 amide bonds. The second kappa shape index (κ2) is 6.42. The zero-order chi connectivity index (χ0) is 13.8. The predicted octanol–water partition coefficient (Wildman–Crippen LogP) is 3.52. The minimum absolute atomic E-state index is 0.677. The summed E-state index contributed by atoms with van der Waals surface area (Å²) in [5, 5.41) is 3.69. The van der Waals surface area contributed by atoms with Gasteiger partial charge in [0.05, 0.1) is 0 Å². The Bertz CT molecular complexity index is 393. The van der Waals surface area contributed by atoms with Gasteiger partial charge in [-0.3, -0.25) is 0 Å². The van der Waals surface area contributed by atoms with Crippen molar-refractivity contribution in [2.24, 2.45) is 5.92 Å². The first kappa shape index (κ1) is 14.4. The molecule has 0 spiro atoms. The zero-order valence-electron chi connectivity index (χ0n) is 12.9. The Labute approximate surface area is 118 Å². The van der Waals surface area contributed by atoms with Crippen LogP contribution in [-0.2, 0) is 0 Å². The van der Waals surface area contributed by atoms with Crippen molar-refractivity contribution in [3.05, 3.63) is 29.3 Å². The van der Waals surface area contributed by atoms with Crippen LogP contribution in [0.2, 0.25) is 0 Å². The summed E-state index contributed by atoms with van der Waals surface area (Å²) in [7, 11) is 0. The molecule has 1 heterocycles. The molecule has 1 N–H and O–H groups in total. The highest BCUT2D eigenvalue weighted by Gasteiger charge is 2.18. The molecule has 1 aliphatic rings. The van der Waals surface area contributed by atoms with Gasteiger partial charge in [-0.15, -0.1) is 0 Å². The number of benzene rings is 1. The van der Waals surface area contributed by atoms with Crippen molar-refractivity contribution in [3.63, 3.8) is 0 Å². The summed E-state index contributed by atoms with van der Waals surface area (Å²) in [4.78, 5) is 2.58. The van der Waals surface area contributed by atoms with Crippen LogP contribution in [0.1, 0.15) is 37.8 Å². The van der Waals surface area contributed by atoms with Gasteiger partial charge in [-0.05, 0) is 62.4 Å². The van der Waals surface area contributed by atoms with Gasteiger partial charge in [-0.1, -0.05) is 19.9 Å². The van der Waals surface area contributed by atoms with Crippen LogP contribution >= 0.6 is 0 Å². The lowest BCUT2D eigenvalue weighted by Crippen LogP contribution is -2.43. The maximum Gasteiger partial charge on any atom is 0.0371 e. The van der Waals surface area contributed by atoms with Crippen molar-refractivity contribution in [2.45, 2.75) is 46.6 Å². The molecular formula is C17H28N2. The van der Waals surface area contributed by atoms with Gasteiger partial charge in [0, 0.05) is 24.8 Å². The summed E-state index contributed by atoms with van der Waals surface area (Å²) in [6, 6.07) is 7.59. The van der Waals surface area contributed by atoms with E-state index in [9.17, 15) is 0 Å². The molecule has 1 aromatic carbocycles. The van der Waals surface area contributed by atoms with Crippen molar-refractivity contribution in [3.8, 4) is 0 Å². The Morgan fingerprint density at radius 1 is 1.21 bits per heavy atom. The third-order valence-electron chi connectivity index (χ3n) is 4.10. The van der Waals surface area contributed by atoms with Gasteiger partial charge in [-0.2, -0.15) is 0 Å². The molecule has 2 atom stereocenters. The van der Waals surface area contributed by atoms with E-state index < -0.39 is 0 Å². The monoisotopic (exact) mass is 260 g/mol. The molecule has 1 aliphatic heterocycles. The Kier molecular flexibility index (Phi) is 4.87. The van der Waals surface area contributed by atoms with Crippen LogP contribution in [0.5, 0.6) is 0 Å². The minimum Gasteiger partial charge on any atom is -0.371 e. The zero-order valence-corrected chi connectivity index (χ0v) is 12.9. The van der Waals surface area contributed by atoms with Gasteiger partial charge in [0.1, 0.15) is 0 Å². The Morgan fingerprint density at radius 2 is 1.89 bits per heavy atom. The van der Waals surface area contributed by atoms with Gasteiger partial charge >= 0.3 is 0 Å². The predicted molar refractivity (Wildman–Crippen MR) is 84.0 cm³/mol. The molecular weight excluding hydrogens is 232 g/mol. The quantitative estimate of drug-likeness (QED) is 0.875. The molecule has 1 fully saturated rings. The highest BCUT2D eigenvalue weighted by molar-refractivity contribution is 5.51. The summed E-state index contributed by atoms with van der Waals surface area (Å²) in [6.07, 6.45) is 2.48. The van der Waals surface area contributed by atoms with E-state index in [4.69, 9.17) is 0 Å². The van der Waals surface area contributed by atoms with Gasteiger partial charge < -0.3 is 10.2 Å². The van der Waals surface area contributed by atoms with Crippen LogP contribution in [-0.4, -0.2) is 25.7 Å². The average Bonchev–Trinajstić information content (AvgIpc) is 2.33. The summed E-state index contributed by atoms with van der Waals surface area (Å²) in [5.41, 5.74) is 4.14. The topological polar surface area (TPSA) is 15.3 Å². The molecule has 2 nitrogen and oxygen atoms in total. The van der Waals surface area contributed by atoms with Crippen LogP contribution in [0.3, 0.4) is 0 Å². The second-order valence-electron chi connectivity index (χ2n) is 6.20. The number of rotatable bonds is 2. The fourth-order valence-corrected chi connectivity index (χ4v) is 3.03. The summed E-state index contributed by atoms with van der Waals surface area (Å²) >= 11 is 0. The highest BCUT2D eigenvalue weighted by Crippen LogP contribution is 2.21. The van der Waals surface area contributed by atoms with Crippen LogP contribution in [0.15, 0.2) is 18.2 Å². The Hall–Kier alpha value is -1.02. The van der Waals surface area contributed by atoms with E-state index in [0.29, 0.717) is 12.0 Å². The molecule has 1 saturated heterocycles. The van der Waals surface area contributed by atoms with Crippen molar-refractivity contribution >= 4 is 5.69 Å². The van der Waals surface area contributed by atoms with Crippen molar-refractivity contribution < 1.29 is 0 Å². The highest BCUT2D eigenvalue weighted by atomic mass is 15.1. The molecule has 0 aliphatic carbocycles. The number of aryl methyl sites for hydroxylation is 2. The van der Waals surface area contributed by atoms with E-state index in [0.717, 1.165) is 13.1 Å². The molecule has 0 bridgehead atoms. The molecule has 0 saturated carbocycles. The first-order chi connectivity index (χ1) is 9.08. The van der Waals surface area contributed by atoms with Crippen LogP contribution in [0.25, 0.3) is 0 Å². The third-order valence-corrected chi connectivity index (χ3v) is 4.10. The smallest absolute Gasteiger partial charge is 0.0371 e. The van der Waals surface area contributed by atoms with Gasteiger partial charge in [0.15, 0.2) is 0 Å². The SMILES string of the molecule is CCC1CCN(c2cc(C)cc(C)c2)CC(C)CN1. The molecule has 0 aromatic heterocycles. The summed E-state index contributed by atoms with van der Waals surface area (Å²) < 4.78 is 0. The minimum atomic E-state index is 0.677. The maximum atomic E-state index is 3.69. The van der Waals surface area contributed by atoms with Gasteiger partial charge in [0.25, 0.3) is 0 Å².